The zero-order valence-electron chi connectivity index (χ0n) is 26.5. The third-order valence-electron chi connectivity index (χ3n) is 9.21. The summed E-state index contributed by atoms with van der Waals surface area (Å²) in [5.74, 6) is -4.13. The van der Waals surface area contributed by atoms with E-state index in [9.17, 15) is 42.3 Å². The van der Waals surface area contributed by atoms with Gasteiger partial charge in [-0.05, 0) is 32.8 Å². The molecule has 264 valence electrons. The summed E-state index contributed by atoms with van der Waals surface area (Å²) in [6.07, 6.45) is 1.39. The predicted octanol–water partition coefficient (Wildman–Crippen LogP) is 2.08. The maximum absolute atomic E-state index is 14.4. The molecule has 2 bridgehead atoms. The highest BCUT2D eigenvalue weighted by Gasteiger charge is 2.54. The number of nitrogens with one attached hydrogen (secondary N) is 1. The Balaban J connectivity index is 1.43. The van der Waals surface area contributed by atoms with Crippen molar-refractivity contribution in [3.63, 3.8) is 0 Å². The molecule has 0 unspecified atom stereocenters. The Hall–Kier alpha value is -4.22. The van der Waals surface area contributed by atoms with E-state index in [1.54, 1.807) is 11.8 Å². The number of phosphoric ester groups is 1. The zero-order chi connectivity index (χ0) is 35.2. The van der Waals surface area contributed by atoms with Gasteiger partial charge in [0.25, 0.3) is 11.8 Å². The minimum absolute atomic E-state index is 0.0203. The van der Waals surface area contributed by atoms with Gasteiger partial charge >= 0.3 is 13.9 Å². The summed E-state index contributed by atoms with van der Waals surface area (Å²) in [4.78, 5) is 82.5. The van der Waals surface area contributed by atoms with Gasteiger partial charge in [-0.3, -0.25) is 23.8 Å². The van der Waals surface area contributed by atoms with Gasteiger partial charge in [-0.1, -0.05) is 11.2 Å². The first kappa shape index (κ1) is 34.6. The molecule has 3 amide bonds. The molecule has 2 fully saturated rings. The second kappa shape index (κ2) is 13.2. The lowest BCUT2D eigenvalue weighted by molar-refractivity contribution is -0.0656. The molecule has 4 aliphatic heterocycles. The maximum Gasteiger partial charge on any atom is 0.469 e. The predicted molar refractivity (Wildman–Crippen MR) is 164 cm³/mol. The van der Waals surface area contributed by atoms with E-state index in [2.05, 4.69) is 15.0 Å². The van der Waals surface area contributed by atoms with Crippen molar-refractivity contribution in [3.05, 3.63) is 63.1 Å². The highest BCUT2D eigenvalue weighted by Crippen LogP contribution is 2.46. The van der Waals surface area contributed by atoms with Crippen molar-refractivity contribution < 1.29 is 56.4 Å². The van der Waals surface area contributed by atoms with Gasteiger partial charge < -0.3 is 38.9 Å². The van der Waals surface area contributed by atoms with Gasteiger partial charge in [0.2, 0.25) is 11.2 Å². The summed E-state index contributed by atoms with van der Waals surface area (Å²) >= 11 is 0. The summed E-state index contributed by atoms with van der Waals surface area (Å²) in [5, 5.41) is 6.61. The molecular weight excluding hydrogens is 675 g/mol. The summed E-state index contributed by atoms with van der Waals surface area (Å²) in [6.45, 7) is 2.41. The molecule has 6 rings (SSSR count). The third-order valence-corrected chi connectivity index (χ3v) is 9.70. The molecule has 5 heterocycles. The molecule has 1 aromatic heterocycles. The van der Waals surface area contributed by atoms with Crippen LogP contribution in [0, 0.1) is 11.6 Å². The van der Waals surface area contributed by atoms with Gasteiger partial charge in [0.1, 0.15) is 17.2 Å². The largest absolute Gasteiger partial charge is 0.469 e. The van der Waals surface area contributed by atoms with Crippen molar-refractivity contribution >= 4 is 31.4 Å². The SMILES string of the molecule is CC1=NO[C@@]2(CC[C@H](C)N3C[C@H]2n2cc(C(=O)NCc4ccc(F)cc4F)c(=O)c(OC(=O)N4CCOC[C@H]4COP(=O)(O)O)c2C3=O)C1. The van der Waals surface area contributed by atoms with E-state index in [1.165, 1.54) is 10.8 Å². The normalized spacial score (nSPS) is 25.0. The number of nitrogens with zero attached hydrogens (tertiary/aromatic N) is 4. The van der Waals surface area contributed by atoms with Crippen LogP contribution < -0.4 is 15.5 Å². The number of hydrogen-bond donors (Lipinski definition) is 3. The number of halogens is 2. The Morgan fingerprint density at radius 1 is 1.24 bits per heavy atom. The molecule has 2 saturated heterocycles. The first-order chi connectivity index (χ1) is 23.2. The van der Waals surface area contributed by atoms with Crippen LogP contribution in [0.15, 0.2) is 34.3 Å². The Morgan fingerprint density at radius 3 is 2.71 bits per heavy atom. The monoisotopic (exact) mass is 709 g/mol. The van der Waals surface area contributed by atoms with E-state index in [0.717, 1.165) is 17.0 Å². The lowest BCUT2D eigenvalue weighted by Crippen LogP contribution is -2.54. The van der Waals surface area contributed by atoms with E-state index < -0.39 is 84.9 Å². The van der Waals surface area contributed by atoms with E-state index in [4.69, 9.17) is 14.3 Å². The van der Waals surface area contributed by atoms with Crippen LogP contribution in [-0.2, 0) is 25.2 Å². The van der Waals surface area contributed by atoms with Gasteiger partial charge in [-0.15, -0.1) is 0 Å². The van der Waals surface area contributed by atoms with E-state index in [-0.39, 0.29) is 43.6 Å². The number of pyridine rings is 1. The third kappa shape index (κ3) is 6.83. The molecule has 0 radical (unpaired) electrons. The minimum atomic E-state index is -4.92. The van der Waals surface area contributed by atoms with Gasteiger partial charge in [-0.25, -0.2) is 18.1 Å². The number of carbonyl (C=O) groups excluding carboxylic acids is 3. The van der Waals surface area contributed by atoms with Gasteiger partial charge in [0.15, 0.2) is 11.3 Å². The topological polar surface area (TPSA) is 199 Å². The molecule has 16 nitrogen and oxygen atoms in total. The minimum Gasteiger partial charge on any atom is -0.403 e. The number of hydrogen-bond acceptors (Lipinski definition) is 10. The number of benzene rings is 1. The van der Waals surface area contributed by atoms with Crippen LogP contribution in [0.1, 0.15) is 65.6 Å². The van der Waals surface area contributed by atoms with E-state index in [1.807, 2.05) is 6.92 Å². The summed E-state index contributed by atoms with van der Waals surface area (Å²) < 4.78 is 56.1. The number of ether oxygens (including phenoxy) is 2. The summed E-state index contributed by atoms with van der Waals surface area (Å²) in [7, 11) is -4.92. The number of morpholine rings is 1. The molecular formula is C30H34F2N5O11P. The number of rotatable bonds is 7. The van der Waals surface area contributed by atoms with Crippen molar-refractivity contribution in [2.24, 2.45) is 5.16 Å². The van der Waals surface area contributed by atoms with Crippen LogP contribution >= 0.6 is 7.82 Å². The average Bonchev–Trinajstić information content (AvgIpc) is 3.38. The van der Waals surface area contributed by atoms with Crippen LogP contribution in [-0.4, -0.2) is 98.4 Å². The molecule has 0 aliphatic carbocycles. The fourth-order valence-electron chi connectivity index (χ4n) is 6.67. The zero-order valence-corrected chi connectivity index (χ0v) is 27.4. The fourth-order valence-corrected chi connectivity index (χ4v) is 7.03. The van der Waals surface area contributed by atoms with E-state index in [0.29, 0.717) is 31.0 Å². The highest BCUT2D eigenvalue weighted by atomic mass is 31.2. The Bertz CT molecular complexity index is 1830. The molecule has 4 aliphatic rings. The smallest absolute Gasteiger partial charge is 0.403 e. The van der Waals surface area contributed by atoms with Gasteiger partial charge in [0, 0.05) is 49.9 Å². The van der Waals surface area contributed by atoms with E-state index >= 15 is 0 Å². The van der Waals surface area contributed by atoms with Crippen LogP contribution in [0.25, 0.3) is 0 Å². The number of amides is 3. The summed E-state index contributed by atoms with van der Waals surface area (Å²) in [5.41, 5.74) is -2.32. The second-order valence-electron chi connectivity index (χ2n) is 12.5. The molecule has 0 saturated carbocycles. The molecule has 1 spiro atoms. The quantitative estimate of drug-likeness (QED) is 0.356. The van der Waals surface area contributed by atoms with Crippen LogP contribution in [0.3, 0.4) is 0 Å². The van der Waals surface area contributed by atoms with Crippen molar-refractivity contribution in [3.8, 4) is 5.75 Å². The Kier molecular flexibility index (Phi) is 9.36. The Morgan fingerprint density at radius 2 is 2.02 bits per heavy atom. The van der Waals surface area contributed by atoms with Crippen molar-refractivity contribution in [1.82, 2.24) is 19.7 Å². The number of aromatic nitrogens is 1. The first-order valence-corrected chi connectivity index (χ1v) is 17.0. The number of fused-ring (bicyclic) bond motifs is 5. The average molecular weight is 710 g/mol. The van der Waals surface area contributed by atoms with Crippen molar-refractivity contribution in [2.75, 3.05) is 32.9 Å². The fraction of sp³-hybridized carbons (Fsp3) is 0.500. The molecule has 2 aromatic rings. The maximum atomic E-state index is 14.4. The number of oxime groups is 1. The second-order valence-corrected chi connectivity index (χ2v) is 13.7. The van der Waals surface area contributed by atoms with Crippen molar-refractivity contribution in [1.29, 1.82) is 0 Å². The molecule has 49 heavy (non-hydrogen) atoms. The van der Waals surface area contributed by atoms with Crippen LogP contribution in [0.5, 0.6) is 5.75 Å². The standard InChI is InChI=1S/C30H34F2N5O11P/c1-16-10-30(48-34-16)6-5-17(2)36-13-23(30)37-12-21(27(39)33-11-18-3-4-19(31)9-22(18)32)25(38)26(24(37)28(36)40)47-29(41)35-7-8-45-14-20(35)15-46-49(42,43)44/h3-4,9,12,17,20,23H,5-8,10-11,13-15H2,1-2H3,(H,33,39)(H2,42,43,44)/t17-,20-,23+,30-/m0/s1. The van der Waals surface area contributed by atoms with Gasteiger partial charge in [0.05, 0.1) is 37.6 Å². The lowest BCUT2D eigenvalue weighted by atomic mass is 9.84. The first-order valence-electron chi connectivity index (χ1n) is 15.5. The molecule has 4 atom stereocenters. The van der Waals surface area contributed by atoms with Crippen molar-refractivity contribution in [2.45, 2.75) is 63.4 Å². The molecule has 3 N–H and O–H groups in total. The van der Waals surface area contributed by atoms with Gasteiger partial charge in [-0.2, -0.15) is 0 Å². The molecule has 1 aromatic carbocycles. The van der Waals surface area contributed by atoms with Crippen LogP contribution in [0.4, 0.5) is 13.6 Å². The molecule has 19 heteroatoms. The number of carbonyl (C=O) groups is 3. The Labute approximate surface area is 277 Å². The summed E-state index contributed by atoms with van der Waals surface area (Å²) in [6, 6.07) is 0.742. The number of phosphoric acid groups is 1. The highest BCUT2D eigenvalue weighted by molar-refractivity contribution is 7.46. The lowest BCUT2D eigenvalue weighted by Gasteiger charge is -2.42. The van der Waals surface area contributed by atoms with Crippen LogP contribution in [0.2, 0.25) is 0 Å².